The van der Waals surface area contributed by atoms with E-state index in [4.69, 9.17) is 4.98 Å². The van der Waals surface area contributed by atoms with Crippen molar-refractivity contribution < 1.29 is 21.6 Å². The number of benzene rings is 2. The summed E-state index contributed by atoms with van der Waals surface area (Å²) >= 11 is 0. The maximum atomic E-state index is 12.9. The number of para-hydroxylation sites is 1. The Morgan fingerprint density at radius 1 is 1.06 bits per heavy atom. The van der Waals surface area contributed by atoms with Crippen molar-refractivity contribution in [3.05, 3.63) is 60.2 Å². The number of alkyl halides is 3. The Labute approximate surface area is 197 Å². The zero-order chi connectivity index (χ0) is 24.9. The van der Waals surface area contributed by atoms with E-state index in [-0.39, 0.29) is 5.54 Å². The van der Waals surface area contributed by atoms with Crippen molar-refractivity contribution in [2.24, 2.45) is 0 Å². The van der Waals surface area contributed by atoms with Gasteiger partial charge in [-0.25, -0.2) is 13.4 Å². The van der Waals surface area contributed by atoms with Gasteiger partial charge in [0.25, 0.3) is 9.84 Å². The summed E-state index contributed by atoms with van der Waals surface area (Å²) in [6, 6.07) is 15.0. The third kappa shape index (κ3) is 4.44. The summed E-state index contributed by atoms with van der Waals surface area (Å²) in [6.45, 7) is 6.08. The molecule has 0 N–H and O–H groups in total. The highest BCUT2D eigenvalue weighted by Crippen LogP contribution is 2.34. The second-order valence-corrected chi connectivity index (χ2v) is 11.3. The van der Waals surface area contributed by atoms with Crippen molar-refractivity contribution in [3.8, 4) is 0 Å². The first-order valence-electron chi connectivity index (χ1n) is 10.8. The standard InChI is InChI=1S/C24H27F3N4O2S/c1-23(2)15-30(18-9-11-19(12-10-18)34(32,33)24(25,26)27)16-31(23)14-17-13-22(29(3)4)28-21-8-6-5-7-20(17)21/h5-13H,14-16H2,1-4H3. The van der Waals surface area contributed by atoms with E-state index in [1.807, 2.05) is 42.1 Å². The average molecular weight is 493 g/mol. The molecule has 1 aliphatic rings. The molecule has 0 saturated carbocycles. The zero-order valence-corrected chi connectivity index (χ0v) is 20.3. The molecule has 0 unspecified atom stereocenters. The Morgan fingerprint density at radius 3 is 2.32 bits per heavy atom. The molecular formula is C24H27F3N4O2S. The van der Waals surface area contributed by atoms with Crippen LogP contribution in [0.2, 0.25) is 0 Å². The SMILES string of the molecule is CN(C)c1cc(CN2CN(c3ccc(S(=O)(=O)C(F)(F)F)cc3)CC2(C)C)c2ccccc2n1. The molecule has 0 radical (unpaired) electrons. The van der Waals surface area contributed by atoms with Crippen LogP contribution < -0.4 is 9.80 Å². The molecule has 0 spiro atoms. The molecule has 1 saturated heterocycles. The molecule has 0 amide bonds. The first-order valence-corrected chi connectivity index (χ1v) is 12.3. The Hall–Kier alpha value is -2.85. The highest BCUT2D eigenvalue weighted by atomic mass is 32.2. The van der Waals surface area contributed by atoms with E-state index in [2.05, 4.69) is 30.9 Å². The van der Waals surface area contributed by atoms with Gasteiger partial charge < -0.3 is 9.80 Å². The van der Waals surface area contributed by atoms with Gasteiger partial charge in [-0.3, -0.25) is 4.90 Å². The Kier molecular flexibility index (Phi) is 6.02. The van der Waals surface area contributed by atoms with Gasteiger partial charge in [-0.2, -0.15) is 13.2 Å². The lowest BCUT2D eigenvalue weighted by Gasteiger charge is -2.30. The first kappa shape index (κ1) is 24.3. The minimum absolute atomic E-state index is 0.223. The van der Waals surface area contributed by atoms with E-state index in [0.29, 0.717) is 25.4 Å². The molecule has 3 aromatic rings. The lowest BCUT2D eigenvalue weighted by atomic mass is 10.0. The molecule has 1 fully saturated rings. The summed E-state index contributed by atoms with van der Waals surface area (Å²) in [6.07, 6.45) is 0. The van der Waals surface area contributed by atoms with E-state index in [1.165, 1.54) is 12.1 Å². The van der Waals surface area contributed by atoms with Gasteiger partial charge in [0, 0.05) is 43.8 Å². The molecule has 10 heteroatoms. The summed E-state index contributed by atoms with van der Waals surface area (Å²) in [5.41, 5.74) is -2.82. The average Bonchev–Trinajstić information content (AvgIpc) is 3.07. The number of hydrogen-bond donors (Lipinski definition) is 0. The van der Waals surface area contributed by atoms with Crippen LogP contribution in [0.4, 0.5) is 24.7 Å². The highest BCUT2D eigenvalue weighted by molar-refractivity contribution is 7.92. The van der Waals surface area contributed by atoms with Gasteiger partial charge in [0.1, 0.15) is 5.82 Å². The van der Waals surface area contributed by atoms with Gasteiger partial charge in [-0.05, 0) is 55.8 Å². The van der Waals surface area contributed by atoms with Crippen LogP contribution in [-0.4, -0.2) is 56.7 Å². The number of hydrogen-bond acceptors (Lipinski definition) is 6. The first-order chi connectivity index (χ1) is 15.8. The van der Waals surface area contributed by atoms with Crippen molar-refractivity contribution in [3.63, 3.8) is 0 Å². The number of halogens is 3. The molecule has 0 atom stereocenters. The Bertz CT molecular complexity index is 1310. The fraction of sp³-hybridized carbons (Fsp3) is 0.375. The zero-order valence-electron chi connectivity index (χ0n) is 19.5. The number of rotatable bonds is 5. The van der Waals surface area contributed by atoms with Crippen LogP contribution in [0.5, 0.6) is 0 Å². The van der Waals surface area contributed by atoms with Crippen LogP contribution in [0.3, 0.4) is 0 Å². The number of fused-ring (bicyclic) bond motifs is 1. The van der Waals surface area contributed by atoms with Crippen LogP contribution >= 0.6 is 0 Å². The normalized spacial score (nSPS) is 16.9. The van der Waals surface area contributed by atoms with Crippen LogP contribution in [-0.2, 0) is 16.4 Å². The smallest absolute Gasteiger partial charge is 0.363 e. The number of aromatic nitrogens is 1. The van der Waals surface area contributed by atoms with Crippen LogP contribution in [0, 0.1) is 0 Å². The Morgan fingerprint density at radius 2 is 1.71 bits per heavy atom. The Balaban J connectivity index is 1.60. The molecule has 34 heavy (non-hydrogen) atoms. The quantitative estimate of drug-likeness (QED) is 0.517. The molecule has 0 bridgehead atoms. The van der Waals surface area contributed by atoms with E-state index in [1.54, 1.807) is 0 Å². The van der Waals surface area contributed by atoms with E-state index < -0.39 is 20.2 Å². The molecule has 4 rings (SSSR count). The minimum atomic E-state index is -5.36. The van der Waals surface area contributed by atoms with Crippen LogP contribution in [0.15, 0.2) is 59.5 Å². The third-order valence-electron chi connectivity index (χ3n) is 6.20. The van der Waals surface area contributed by atoms with E-state index in [0.717, 1.165) is 34.4 Å². The molecule has 0 aliphatic carbocycles. The fourth-order valence-corrected chi connectivity index (χ4v) is 4.98. The molecule has 2 heterocycles. The molecule has 6 nitrogen and oxygen atoms in total. The van der Waals surface area contributed by atoms with Gasteiger partial charge in [-0.15, -0.1) is 0 Å². The monoisotopic (exact) mass is 492 g/mol. The summed E-state index contributed by atoms with van der Waals surface area (Å²) in [5, 5.41) is 1.07. The van der Waals surface area contributed by atoms with E-state index in [9.17, 15) is 21.6 Å². The summed E-state index contributed by atoms with van der Waals surface area (Å²) in [4.78, 5) is 10.3. The van der Waals surface area contributed by atoms with Crippen molar-refractivity contribution in [2.45, 2.75) is 36.3 Å². The molecule has 1 aliphatic heterocycles. The second kappa shape index (κ2) is 8.42. The minimum Gasteiger partial charge on any atom is -0.363 e. The van der Waals surface area contributed by atoms with Crippen LogP contribution in [0.1, 0.15) is 19.4 Å². The summed E-state index contributed by atoms with van der Waals surface area (Å²) in [7, 11) is -1.46. The van der Waals surface area contributed by atoms with Crippen molar-refractivity contribution >= 4 is 32.2 Å². The molecular weight excluding hydrogens is 465 g/mol. The number of pyridine rings is 1. The second-order valence-electron chi connectivity index (χ2n) is 9.34. The molecule has 1 aromatic heterocycles. The fourth-order valence-electron chi connectivity index (χ4n) is 4.22. The predicted molar refractivity (Wildman–Crippen MR) is 128 cm³/mol. The predicted octanol–water partition coefficient (Wildman–Crippen LogP) is 4.65. The number of nitrogens with zero attached hydrogens (tertiary/aromatic N) is 4. The van der Waals surface area contributed by atoms with Gasteiger partial charge >= 0.3 is 5.51 Å². The molecule has 2 aromatic carbocycles. The number of anilines is 2. The van der Waals surface area contributed by atoms with Crippen molar-refractivity contribution in [1.82, 2.24) is 9.88 Å². The van der Waals surface area contributed by atoms with Crippen molar-refractivity contribution in [2.75, 3.05) is 37.1 Å². The summed E-state index contributed by atoms with van der Waals surface area (Å²) in [5.74, 6) is 0.865. The van der Waals surface area contributed by atoms with Gasteiger partial charge in [0.05, 0.1) is 17.1 Å². The van der Waals surface area contributed by atoms with Gasteiger partial charge in [0.15, 0.2) is 0 Å². The lowest BCUT2D eigenvalue weighted by Crippen LogP contribution is -2.39. The van der Waals surface area contributed by atoms with E-state index >= 15 is 0 Å². The highest BCUT2D eigenvalue weighted by Gasteiger charge is 2.47. The maximum Gasteiger partial charge on any atom is 0.501 e. The lowest BCUT2D eigenvalue weighted by molar-refractivity contribution is -0.0436. The van der Waals surface area contributed by atoms with Crippen molar-refractivity contribution in [1.29, 1.82) is 0 Å². The van der Waals surface area contributed by atoms with Gasteiger partial charge in [0.2, 0.25) is 0 Å². The molecule has 182 valence electrons. The van der Waals surface area contributed by atoms with Gasteiger partial charge in [-0.1, -0.05) is 18.2 Å². The summed E-state index contributed by atoms with van der Waals surface area (Å²) < 4.78 is 61.9. The van der Waals surface area contributed by atoms with Crippen LogP contribution in [0.25, 0.3) is 10.9 Å². The largest absolute Gasteiger partial charge is 0.501 e. The topological polar surface area (TPSA) is 56.8 Å². The number of sulfone groups is 1. The third-order valence-corrected chi connectivity index (χ3v) is 7.70. The maximum absolute atomic E-state index is 12.9.